The average Bonchev–Trinajstić information content (AvgIpc) is 2.94. The van der Waals surface area contributed by atoms with Gasteiger partial charge in [0, 0.05) is 18.7 Å². The predicted molar refractivity (Wildman–Crippen MR) is 76.9 cm³/mol. The Labute approximate surface area is 121 Å². The molecule has 0 saturated heterocycles. The lowest BCUT2D eigenvalue weighted by Gasteiger charge is -2.04. The first kappa shape index (κ1) is 14.5. The van der Waals surface area contributed by atoms with Gasteiger partial charge < -0.3 is 14.8 Å². The summed E-state index contributed by atoms with van der Waals surface area (Å²) in [6.07, 6.45) is 6.02. The first-order chi connectivity index (χ1) is 10.1. The van der Waals surface area contributed by atoms with Crippen molar-refractivity contribution in [1.82, 2.24) is 4.98 Å². The number of amides is 1. The number of anilines is 1. The quantitative estimate of drug-likeness (QED) is 0.824. The lowest BCUT2D eigenvalue weighted by atomic mass is 10.2. The molecule has 0 radical (unpaired) electrons. The fourth-order valence-corrected chi connectivity index (χ4v) is 1.79. The summed E-state index contributed by atoms with van der Waals surface area (Å²) in [6.45, 7) is 1.89. The number of aryl methyl sites for hydroxylation is 1. The molecule has 0 aliphatic rings. The number of hydrogen-bond acceptors (Lipinski definition) is 4. The summed E-state index contributed by atoms with van der Waals surface area (Å²) in [7, 11) is 0. The Balaban J connectivity index is 2.14. The van der Waals surface area contributed by atoms with Gasteiger partial charge in [-0.3, -0.25) is 4.79 Å². The molecule has 2 rings (SSSR count). The van der Waals surface area contributed by atoms with Gasteiger partial charge in [-0.1, -0.05) is 6.92 Å². The molecule has 0 atom stereocenters. The number of pyridine rings is 1. The lowest BCUT2D eigenvalue weighted by Crippen LogP contribution is -2.13. The normalized spacial score (nSPS) is 10.7. The topological polar surface area (TPSA) is 92.4 Å². The van der Waals surface area contributed by atoms with Crippen LogP contribution in [0.15, 0.2) is 41.2 Å². The number of aromatic nitrogens is 1. The van der Waals surface area contributed by atoms with E-state index >= 15 is 0 Å². The summed E-state index contributed by atoms with van der Waals surface area (Å²) in [6, 6.07) is 4.83. The molecule has 0 fully saturated rings. The third-order valence-electron chi connectivity index (χ3n) is 2.76. The Morgan fingerprint density at radius 3 is 2.95 bits per heavy atom. The van der Waals surface area contributed by atoms with E-state index in [-0.39, 0.29) is 5.91 Å². The van der Waals surface area contributed by atoms with Crippen LogP contribution in [0.25, 0.3) is 6.08 Å². The van der Waals surface area contributed by atoms with Gasteiger partial charge >= 0.3 is 5.97 Å². The van der Waals surface area contributed by atoms with Crippen LogP contribution in [0, 0.1) is 0 Å². The summed E-state index contributed by atoms with van der Waals surface area (Å²) in [5, 5.41) is 11.2. The van der Waals surface area contributed by atoms with Gasteiger partial charge in [0.05, 0.1) is 11.8 Å². The molecule has 108 valence electrons. The van der Waals surface area contributed by atoms with E-state index in [1.165, 1.54) is 18.5 Å². The Hall–Kier alpha value is -2.89. The summed E-state index contributed by atoms with van der Waals surface area (Å²) in [5.41, 5.74) is 1.09. The van der Waals surface area contributed by atoms with Crippen LogP contribution in [0.4, 0.5) is 5.82 Å². The number of furan rings is 1. The van der Waals surface area contributed by atoms with Crippen molar-refractivity contribution in [2.45, 2.75) is 13.3 Å². The van der Waals surface area contributed by atoms with Crippen molar-refractivity contribution in [3.63, 3.8) is 0 Å². The van der Waals surface area contributed by atoms with Crippen molar-refractivity contribution in [1.29, 1.82) is 0 Å². The van der Waals surface area contributed by atoms with Gasteiger partial charge in [0.2, 0.25) is 0 Å². The first-order valence-corrected chi connectivity index (χ1v) is 6.35. The molecule has 21 heavy (non-hydrogen) atoms. The van der Waals surface area contributed by atoms with Gasteiger partial charge in [-0.05, 0) is 29.8 Å². The largest absolute Gasteiger partial charge is 0.478 e. The minimum atomic E-state index is -1.04. The molecule has 2 heterocycles. The molecule has 0 aliphatic carbocycles. The summed E-state index contributed by atoms with van der Waals surface area (Å²) < 4.78 is 5.20. The minimum absolute atomic E-state index is 0.313. The molecule has 2 N–H and O–H groups in total. The molecule has 0 saturated carbocycles. The van der Waals surface area contributed by atoms with Gasteiger partial charge in [0.25, 0.3) is 5.91 Å². The number of nitrogens with zero attached hydrogens (tertiary/aromatic N) is 1. The van der Waals surface area contributed by atoms with Gasteiger partial charge in [0.15, 0.2) is 0 Å². The van der Waals surface area contributed by atoms with Crippen molar-refractivity contribution >= 4 is 23.8 Å². The van der Waals surface area contributed by atoms with Crippen LogP contribution in [0.5, 0.6) is 0 Å². The number of rotatable bonds is 5. The molecule has 0 aromatic carbocycles. The van der Waals surface area contributed by atoms with E-state index in [4.69, 9.17) is 9.52 Å². The van der Waals surface area contributed by atoms with Crippen molar-refractivity contribution in [2.75, 3.05) is 5.32 Å². The second kappa shape index (κ2) is 6.51. The third-order valence-corrected chi connectivity index (χ3v) is 2.76. The van der Waals surface area contributed by atoms with Crippen molar-refractivity contribution in [2.24, 2.45) is 0 Å². The van der Waals surface area contributed by atoms with Crippen LogP contribution in [0.1, 0.15) is 28.6 Å². The molecular formula is C15H14N2O4. The average molecular weight is 286 g/mol. The number of carboxylic acid groups (broad SMARTS) is 1. The van der Waals surface area contributed by atoms with E-state index in [9.17, 15) is 9.59 Å². The number of carboxylic acids is 1. The SMILES string of the molecule is CCc1occc1C(=O)Nc1cc(/C=C/C(=O)O)ccn1. The van der Waals surface area contributed by atoms with E-state index in [1.54, 1.807) is 18.2 Å². The fourth-order valence-electron chi connectivity index (χ4n) is 1.79. The standard InChI is InChI=1S/C15H14N2O4/c1-2-12-11(6-8-21-12)15(20)17-13-9-10(5-7-16-13)3-4-14(18)19/h3-9H,2H2,1H3,(H,18,19)(H,16,17,20)/b4-3+. The van der Waals surface area contributed by atoms with Crippen LogP contribution in [-0.2, 0) is 11.2 Å². The van der Waals surface area contributed by atoms with Gasteiger partial charge in [-0.15, -0.1) is 0 Å². The number of nitrogens with one attached hydrogen (secondary N) is 1. The fraction of sp³-hybridized carbons (Fsp3) is 0.133. The predicted octanol–water partition coefficient (Wildman–Crippen LogP) is 2.59. The second-order valence-corrected chi connectivity index (χ2v) is 4.21. The zero-order chi connectivity index (χ0) is 15.2. The Morgan fingerprint density at radius 2 is 2.24 bits per heavy atom. The highest BCUT2D eigenvalue weighted by molar-refractivity contribution is 6.04. The Kier molecular flexibility index (Phi) is 4.50. The van der Waals surface area contributed by atoms with E-state index in [1.807, 2.05) is 6.92 Å². The zero-order valence-electron chi connectivity index (χ0n) is 11.4. The van der Waals surface area contributed by atoms with E-state index in [0.29, 0.717) is 29.1 Å². The molecule has 6 heteroatoms. The van der Waals surface area contributed by atoms with E-state index in [2.05, 4.69) is 10.3 Å². The number of carbonyl (C=O) groups is 2. The molecule has 0 bridgehead atoms. The zero-order valence-corrected chi connectivity index (χ0v) is 11.4. The van der Waals surface area contributed by atoms with Crippen molar-refractivity contribution in [3.8, 4) is 0 Å². The molecule has 0 unspecified atom stereocenters. The highest BCUT2D eigenvalue weighted by atomic mass is 16.4. The van der Waals surface area contributed by atoms with E-state index in [0.717, 1.165) is 6.08 Å². The maximum atomic E-state index is 12.1. The second-order valence-electron chi connectivity index (χ2n) is 4.21. The van der Waals surface area contributed by atoms with Crippen molar-refractivity contribution in [3.05, 3.63) is 53.6 Å². The van der Waals surface area contributed by atoms with Gasteiger partial charge in [-0.25, -0.2) is 9.78 Å². The van der Waals surface area contributed by atoms with Crippen LogP contribution < -0.4 is 5.32 Å². The van der Waals surface area contributed by atoms with Gasteiger partial charge in [-0.2, -0.15) is 0 Å². The van der Waals surface area contributed by atoms with E-state index < -0.39 is 5.97 Å². The summed E-state index contributed by atoms with van der Waals surface area (Å²) >= 11 is 0. The molecule has 0 aliphatic heterocycles. The maximum absolute atomic E-state index is 12.1. The number of hydrogen-bond donors (Lipinski definition) is 2. The lowest BCUT2D eigenvalue weighted by molar-refractivity contribution is -0.131. The molecule has 0 spiro atoms. The Morgan fingerprint density at radius 1 is 1.43 bits per heavy atom. The maximum Gasteiger partial charge on any atom is 0.328 e. The molecular weight excluding hydrogens is 272 g/mol. The first-order valence-electron chi connectivity index (χ1n) is 6.35. The minimum Gasteiger partial charge on any atom is -0.478 e. The smallest absolute Gasteiger partial charge is 0.328 e. The Bertz CT molecular complexity index is 688. The molecule has 6 nitrogen and oxygen atoms in total. The number of aliphatic carboxylic acids is 1. The molecule has 2 aromatic heterocycles. The van der Waals surface area contributed by atoms with Crippen LogP contribution >= 0.6 is 0 Å². The monoisotopic (exact) mass is 286 g/mol. The molecule has 1 amide bonds. The number of carbonyl (C=O) groups excluding carboxylic acids is 1. The van der Waals surface area contributed by atoms with Crippen LogP contribution in [-0.4, -0.2) is 22.0 Å². The van der Waals surface area contributed by atoms with Crippen LogP contribution in [0.3, 0.4) is 0 Å². The highest BCUT2D eigenvalue weighted by Gasteiger charge is 2.13. The van der Waals surface area contributed by atoms with Gasteiger partial charge in [0.1, 0.15) is 11.6 Å². The third kappa shape index (κ3) is 3.79. The molecule has 2 aromatic rings. The van der Waals surface area contributed by atoms with Crippen LogP contribution in [0.2, 0.25) is 0 Å². The summed E-state index contributed by atoms with van der Waals surface area (Å²) in [4.78, 5) is 26.6. The van der Waals surface area contributed by atoms with Crippen molar-refractivity contribution < 1.29 is 19.1 Å². The summed E-state index contributed by atoms with van der Waals surface area (Å²) in [5.74, 6) is -0.402. The highest BCUT2D eigenvalue weighted by Crippen LogP contribution is 2.14.